The first-order valence-electron chi connectivity index (χ1n) is 4.79. The van der Waals surface area contributed by atoms with Gasteiger partial charge in [0.15, 0.2) is 5.69 Å². The average Bonchev–Trinajstić information content (AvgIpc) is 2.54. The van der Waals surface area contributed by atoms with Gasteiger partial charge in [0.1, 0.15) is 12.3 Å². The molecular formula is C10H13N3O4. The van der Waals surface area contributed by atoms with E-state index in [9.17, 15) is 9.59 Å². The highest BCUT2D eigenvalue weighted by atomic mass is 16.5. The summed E-state index contributed by atoms with van der Waals surface area (Å²) in [6, 6.07) is 0. The van der Waals surface area contributed by atoms with Gasteiger partial charge in [0.25, 0.3) is 0 Å². The van der Waals surface area contributed by atoms with E-state index in [1.807, 2.05) is 0 Å². The van der Waals surface area contributed by atoms with Crippen LogP contribution in [0.5, 0.6) is 0 Å². The number of hydrogen-bond acceptors (Lipinski definition) is 4. The molecule has 0 saturated carbocycles. The Morgan fingerprint density at radius 1 is 1.65 bits per heavy atom. The van der Waals surface area contributed by atoms with Crippen LogP contribution in [0.3, 0.4) is 0 Å². The normalized spacial score (nSPS) is 9.76. The van der Waals surface area contributed by atoms with Gasteiger partial charge in [-0.15, -0.1) is 0 Å². The van der Waals surface area contributed by atoms with Gasteiger partial charge in [-0.2, -0.15) is 5.10 Å². The van der Waals surface area contributed by atoms with Gasteiger partial charge in [-0.25, -0.2) is 9.59 Å². The number of anilines is 1. The maximum absolute atomic E-state index is 11.3. The minimum absolute atomic E-state index is 0.0492. The van der Waals surface area contributed by atoms with Gasteiger partial charge in [-0.1, -0.05) is 12.7 Å². The minimum Gasteiger partial charge on any atom is -0.476 e. The Kier molecular flexibility index (Phi) is 3.86. The lowest BCUT2D eigenvalue weighted by molar-refractivity contribution is 0.0690. The minimum atomic E-state index is -1.22. The summed E-state index contributed by atoms with van der Waals surface area (Å²) >= 11 is 0. The number of carbonyl (C=O) groups is 2. The topological polar surface area (TPSA) is 93.4 Å². The monoisotopic (exact) mass is 239 g/mol. The first kappa shape index (κ1) is 12.8. The van der Waals surface area contributed by atoms with Crippen LogP contribution < -0.4 is 5.32 Å². The van der Waals surface area contributed by atoms with Crippen molar-refractivity contribution in [3.8, 4) is 0 Å². The van der Waals surface area contributed by atoms with Crippen LogP contribution >= 0.6 is 0 Å². The van der Waals surface area contributed by atoms with Crippen molar-refractivity contribution in [2.45, 2.75) is 6.92 Å². The van der Waals surface area contributed by atoms with Crippen molar-refractivity contribution in [1.82, 2.24) is 9.78 Å². The molecule has 0 atom stereocenters. The predicted octanol–water partition coefficient (Wildman–Crippen LogP) is 1.16. The van der Waals surface area contributed by atoms with Crippen molar-refractivity contribution >= 4 is 17.7 Å². The second-order valence-electron chi connectivity index (χ2n) is 3.25. The lowest BCUT2D eigenvalue weighted by Gasteiger charge is -2.05. The van der Waals surface area contributed by atoms with E-state index in [1.165, 1.54) is 10.8 Å². The maximum Gasteiger partial charge on any atom is 0.412 e. The fraction of sp³-hybridized carbons (Fsp3) is 0.300. The molecule has 2 N–H and O–H groups in total. The molecule has 0 unspecified atom stereocenters. The van der Waals surface area contributed by atoms with E-state index >= 15 is 0 Å². The number of amides is 1. The maximum atomic E-state index is 11.3. The second kappa shape index (κ2) is 5.15. The highest BCUT2D eigenvalue weighted by Crippen LogP contribution is 2.19. The zero-order chi connectivity index (χ0) is 13.0. The van der Waals surface area contributed by atoms with E-state index < -0.39 is 12.1 Å². The van der Waals surface area contributed by atoms with Gasteiger partial charge in [0.2, 0.25) is 0 Å². The van der Waals surface area contributed by atoms with E-state index in [4.69, 9.17) is 9.84 Å². The molecule has 1 aromatic heterocycles. The van der Waals surface area contributed by atoms with Gasteiger partial charge in [-0.05, 0) is 6.92 Å². The molecule has 17 heavy (non-hydrogen) atoms. The first-order chi connectivity index (χ1) is 7.97. The Hall–Kier alpha value is -2.31. The van der Waals surface area contributed by atoms with Crippen molar-refractivity contribution < 1.29 is 19.4 Å². The molecule has 0 saturated heterocycles. The Balaban J connectivity index is 2.93. The van der Waals surface area contributed by atoms with E-state index in [-0.39, 0.29) is 18.0 Å². The third-order valence-electron chi connectivity index (χ3n) is 2.10. The van der Waals surface area contributed by atoms with Crippen LogP contribution in [0.1, 0.15) is 16.2 Å². The van der Waals surface area contributed by atoms with Crippen molar-refractivity contribution in [2.75, 3.05) is 11.9 Å². The number of ether oxygens (including phenoxy) is 1. The summed E-state index contributed by atoms with van der Waals surface area (Å²) in [6.45, 7) is 5.08. The molecule has 0 aliphatic carbocycles. The van der Waals surface area contributed by atoms with Gasteiger partial charge in [0, 0.05) is 7.05 Å². The third kappa shape index (κ3) is 2.83. The molecule has 0 bridgehead atoms. The van der Waals surface area contributed by atoms with Crippen molar-refractivity contribution in [3.63, 3.8) is 0 Å². The number of carboxylic acid groups (broad SMARTS) is 1. The summed E-state index contributed by atoms with van der Waals surface area (Å²) in [5.74, 6) is -1.22. The van der Waals surface area contributed by atoms with Crippen molar-refractivity contribution in [2.24, 2.45) is 7.05 Å². The predicted molar refractivity (Wildman–Crippen MR) is 60.1 cm³/mol. The molecule has 7 nitrogen and oxygen atoms in total. The number of aromatic carboxylic acids is 1. The zero-order valence-corrected chi connectivity index (χ0v) is 9.56. The molecule has 1 heterocycles. The highest BCUT2D eigenvalue weighted by Gasteiger charge is 2.20. The SMILES string of the molecule is C=CCOC(=O)Nc1c(C(=O)O)nn(C)c1C. The Bertz CT molecular complexity index is 464. The molecular weight excluding hydrogens is 226 g/mol. The summed E-state index contributed by atoms with van der Waals surface area (Å²) in [6.07, 6.45) is 0.664. The molecule has 0 radical (unpaired) electrons. The Morgan fingerprint density at radius 2 is 2.29 bits per heavy atom. The Morgan fingerprint density at radius 3 is 2.82 bits per heavy atom. The van der Waals surface area contributed by atoms with Gasteiger partial charge in [-0.3, -0.25) is 10.00 Å². The Labute approximate surface area is 97.7 Å². The number of aromatic nitrogens is 2. The molecule has 7 heteroatoms. The molecule has 0 spiro atoms. The molecule has 0 aliphatic rings. The quantitative estimate of drug-likeness (QED) is 0.769. The number of rotatable bonds is 4. The summed E-state index contributed by atoms with van der Waals surface area (Å²) in [7, 11) is 1.59. The molecule has 1 rings (SSSR count). The number of nitrogens with zero attached hydrogens (tertiary/aromatic N) is 2. The van der Waals surface area contributed by atoms with E-state index in [0.717, 1.165) is 0 Å². The number of nitrogens with one attached hydrogen (secondary N) is 1. The van der Waals surface area contributed by atoms with Crippen LogP contribution in [-0.4, -0.2) is 33.6 Å². The van der Waals surface area contributed by atoms with Crippen LogP contribution in [0, 0.1) is 6.92 Å². The molecule has 0 aliphatic heterocycles. The second-order valence-corrected chi connectivity index (χ2v) is 3.25. The van der Waals surface area contributed by atoms with Crippen molar-refractivity contribution in [3.05, 3.63) is 24.0 Å². The third-order valence-corrected chi connectivity index (χ3v) is 2.10. The lowest BCUT2D eigenvalue weighted by atomic mass is 10.3. The van der Waals surface area contributed by atoms with Crippen LogP contribution in [0.25, 0.3) is 0 Å². The van der Waals surface area contributed by atoms with Crippen LogP contribution in [0.4, 0.5) is 10.5 Å². The standard InChI is InChI=1S/C10H13N3O4/c1-4-5-17-10(16)11-7-6(2)13(3)12-8(7)9(14)15/h4H,1,5H2,2-3H3,(H,11,16)(H,14,15). The van der Waals surface area contributed by atoms with Crippen molar-refractivity contribution in [1.29, 1.82) is 0 Å². The van der Waals surface area contributed by atoms with E-state index in [0.29, 0.717) is 5.69 Å². The largest absolute Gasteiger partial charge is 0.476 e. The smallest absolute Gasteiger partial charge is 0.412 e. The van der Waals surface area contributed by atoms with E-state index in [1.54, 1.807) is 14.0 Å². The number of carboxylic acids is 1. The van der Waals surface area contributed by atoms with E-state index in [2.05, 4.69) is 17.0 Å². The number of carbonyl (C=O) groups excluding carboxylic acids is 1. The average molecular weight is 239 g/mol. The molecule has 1 aromatic rings. The summed E-state index contributed by atoms with van der Waals surface area (Å²) in [5, 5.41) is 15.0. The van der Waals surface area contributed by atoms with Gasteiger partial charge >= 0.3 is 12.1 Å². The van der Waals surface area contributed by atoms with Gasteiger partial charge < -0.3 is 9.84 Å². The molecule has 0 fully saturated rings. The fourth-order valence-electron chi connectivity index (χ4n) is 1.18. The fourth-order valence-corrected chi connectivity index (χ4v) is 1.18. The molecule has 0 aromatic carbocycles. The highest BCUT2D eigenvalue weighted by molar-refractivity contribution is 5.97. The molecule has 1 amide bonds. The number of aryl methyl sites for hydroxylation is 1. The first-order valence-corrected chi connectivity index (χ1v) is 4.79. The van der Waals surface area contributed by atoms with Crippen LogP contribution in [0.15, 0.2) is 12.7 Å². The summed E-state index contributed by atoms with van der Waals surface area (Å²) in [4.78, 5) is 22.2. The van der Waals surface area contributed by atoms with Gasteiger partial charge in [0.05, 0.1) is 5.69 Å². The summed E-state index contributed by atoms with van der Waals surface area (Å²) < 4.78 is 6.06. The van der Waals surface area contributed by atoms with Crippen LogP contribution in [0.2, 0.25) is 0 Å². The number of hydrogen-bond donors (Lipinski definition) is 2. The zero-order valence-electron chi connectivity index (χ0n) is 9.56. The molecule has 92 valence electrons. The lowest BCUT2D eigenvalue weighted by Crippen LogP contribution is -2.16. The summed E-state index contributed by atoms with van der Waals surface area (Å²) in [5.41, 5.74) is 0.438. The van der Waals surface area contributed by atoms with Crippen LogP contribution in [-0.2, 0) is 11.8 Å².